The highest BCUT2D eigenvalue weighted by atomic mass is 16.7. The molecule has 1 heterocycles. The normalized spacial score (nSPS) is 20.0. The Morgan fingerprint density at radius 1 is 0.562 bits per heavy atom. The van der Waals surface area contributed by atoms with Crippen molar-refractivity contribution in [3.8, 4) is 0 Å². The maximum Gasteiger partial charge on any atom is 0.306 e. The fourth-order valence-corrected chi connectivity index (χ4v) is 8.69. The minimum absolute atomic E-state index is 0.110. The molecule has 1 rings (SSSR count). The lowest BCUT2D eigenvalue weighted by atomic mass is 9.99. The van der Waals surface area contributed by atoms with E-state index < -0.39 is 67.4 Å². The van der Waals surface area contributed by atoms with Gasteiger partial charge >= 0.3 is 5.97 Å². The molecule has 6 N–H and O–H groups in total. The van der Waals surface area contributed by atoms with Gasteiger partial charge in [0.1, 0.15) is 24.4 Å². The third kappa shape index (κ3) is 38.1. The number of hydrogen-bond acceptors (Lipinski definition) is 10. The number of allylic oxidation sites excluding steroid dienone is 13. The standard InChI is InChI=1S/C62H107NO10/c1-4-7-10-13-16-19-22-25-26-27-28-29-30-32-35-38-41-44-47-50-57(67)73-60-59(69)58(68)56(51-64)72-62(60)71-52-53(54(65)48-45-42-39-36-34-31-23-20-17-14-11-8-5-2)63-61(70)55(66)49-46-43-40-37-33-24-21-18-15-12-9-6-3/h9,12,15-16,18-19,21,24-26,33,37,45,48,53-56,58-60,62,64-66,68-69H,4-8,10-11,13-14,17,20,22-23,27-32,34-36,38-44,46-47,49-52H2,1-3H3,(H,63,70)/b12-9+,18-15+,19-16-,24-21-,26-25-,37-33-,48-45+. The Hall–Kier alpha value is -3.16. The maximum absolute atomic E-state index is 13.3. The number of unbranched alkanes of at least 4 members (excludes halogenated alkanes) is 25. The zero-order valence-corrected chi connectivity index (χ0v) is 46.2. The molecule has 73 heavy (non-hydrogen) atoms. The van der Waals surface area contributed by atoms with E-state index in [0.29, 0.717) is 12.8 Å². The van der Waals surface area contributed by atoms with Crippen LogP contribution in [0.25, 0.3) is 0 Å². The van der Waals surface area contributed by atoms with E-state index in [1.807, 2.05) is 48.6 Å². The first-order valence-corrected chi connectivity index (χ1v) is 29.4. The first-order valence-electron chi connectivity index (χ1n) is 29.4. The molecule has 420 valence electrons. The summed E-state index contributed by atoms with van der Waals surface area (Å²) in [5.41, 5.74) is 0. The predicted octanol–water partition coefficient (Wildman–Crippen LogP) is 13.4. The summed E-state index contributed by atoms with van der Waals surface area (Å²) in [4.78, 5) is 26.5. The summed E-state index contributed by atoms with van der Waals surface area (Å²) in [6.07, 6.45) is 53.4. The van der Waals surface area contributed by atoms with E-state index in [9.17, 15) is 35.1 Å². The molecule has 1 amide bonds. The van der Waals surface area contributed by atoms with Crippen molar-refractivity contribution in [3.05, 3.63) is 85.1 Å². The van der Waals surface area contributed by atoms with Gasteiger partial charge in [0.05, 0.1) is 25.4 Å². The van der Waals surface area contributed by atoms with E-state index in [2.05, 4.69) is 56.5 Å². The summed E-state index contributed by atoms with van der Waals surface area (Å²) >= 11 is 0. The van der Waals surface area contributed by atoms with E-state index in [1.165, 1.54) is 103 Å². The van der Waals surface area contributed by atoms with Crippen LogP contribution in [0.15, 0.2) is 85.1 Å². The summed E-state index contributed by atoms with van der Waals surface area (Å²) in [5, 5.41) is 56.8. The van der Waals surface area contributed by atoms with E-state index in [0.717, 1.165) is 83.5 Å². The quantitative estimate of drug-likeness (QED) is 0.0149. The van der Waals surface area contributed by atoms with Crippen LogP contribution in [-0.2, 0) is 23.8 Å². The van der Waals surface area contributed by atoms with Gasteiger partial charge in [-0.05, 0) is 77.0 Å². The molecule has 0 aliphatic carbocycles. The number of hydrogen-bond donors (Lipinski definition) is 6. The van der Waals surface area contributed by atoms with Crippen LogP contribution in [0.5, 0.6) is 0 Å². The third-order valence-corrected chi connectivity index (χ3v) is 13.4. The third-order valence-electron chi connectivity index (χ3n) is 13.4. The Kier molecular flexibility index (Phi) is 46.2. The van der Waals surface area contributed by atoms with Crippen LogP contribution in [0.4, 0.5) is 0 Å². The number of esters is 1. The Bertz CT molecular complexity index is 1510. The largest absolute Gasteiger partial charge is 0.454 e. The number of aliphatic hydroxyl groups excluding tert-OH is 5. The van der Waals surface area contributed by atoms with Crippen LogP contribution in [0.2, 0.25) is 0 Å². The Morgan fingerprint density at radius 2 is 1.04 bits per heavy atom. The average Bonchev–Trinajstić information content (AvgIpc) is 3.39. The lowest BCUT2D eigenvalue weighted by molar-refractivity contribution is -0.305. The van der Waals surface area contributed by atoms with Crippen LogP contribution >= 0.6 is 0 Å². The van der Waals surface area contributed by atoms with Crippen molar-refractivity contribution in [2.24, 2.45) is 0 Å². The highest BCUT2D eigenvalue weighted by Crippen LogP contribution is 2.26. The van der Waals surface area contributed by atoms with Crippen LogP contribution < -0.4 is 5.32 Å². The van der Waals surface area contributed by atoms with Crippen molar-refractivity contribution in [2.75, 3.05) is 13.2 Å². The molecule has 8 unspecified atom stereocenters. The number of aliphatic hydroxyl groups is 5. The van der Waals surface area contributed by atoms with Crippen LogP contribution in [0.3, 0.4) is 0 Å². The van der Waals surface area contributed by atoms with Crippen molar-refractivity contribution >= 4 is 11.9 Å². The number of nitrogens with one attached hydrogen (secondary N) is 1. The minimum atomic E-state index is -1.63. The van der Waals surface area contributed by atoms with E-state index in [-0.39, 0.29) is 19.4 Å². The van der Waals surface area contributed by atoms with Gasteiger partial charge in [-0.15, -0.1) is 0 Å². The molecule has 0 bridgehead atoms. The summed E-state index contributed by atoms with van der Waals surface area (Å²) in [5.74, 6) is -1.24. The van der Waals surface area contributed by atoms with Crippen molar-refractivity contribution in [2.45, 2.75) is 282 Å². The molecule has 8 atom stereocenters. The highest BCUT2D eigenvalue weighted by Gasteiger charge is 2.47. The molecule has 1 fully saturated rings. The second kappa shape index (κ2) is 49.7. The Morgan fingerprint density at radius 3 is 1.62 bits per heavy atom. The van der Waals surface area contributed by atoms with Crippen LogP contribution in [0.1, 0.15) is 233 Å². The number of amides is 1. The SMILES string of the molecule is CC/C=C/C=C/C=C\C=C/CCCCC(O)C(=O)NC(COC1OC(CO)C(O)C(O)C1OC(=O)CCCCCCCCCCC/C=C\C/C=C\CCCCC)C(O)/C=C/CCCCCCCCCCCCC. The number of carbonyl (C=O) groups is 2. The van der Waals surface area contributed by atoms with Crippen LogP contribution in [-0.4, -0.2) is 99.6 Å². The summed E-state index contributed by atoms with van der Waals surface area (Å²) < 4.78 is 17.6. The smallest absolute Gasteiger partial charge is 0.306 e. The topological polar surface area (TPSA) is 175 Å². The maximum atomic E-state index is 13.3. The number of carbonyl (C=O) groups excluding carboxylic acids is 2. The van der Waals surface area contributed by atoms with Gasteiger partial charge in [-0.3, -0.25) is 9.59 Å². The number of rotatable bonds is 48. The van der Waals surface area contributed by atoms with Gasteiger partial charge in [0.2, 0.25) is 5.91 Å². The number of ether oxygens (including phenoxy) is 3. The second-order valence-corrected chi connectivity index (χ2v) is 20.1. The van der Waals surface area contributed by atoms with Gasteiger partial charge in [-0.1, -0.05) is 234 Å². The van der Waals surface area contributed by atoms with Crippen LogP contribution in [0, 0.1) is 0 Å². The summed E-state index contributed by atoms with van der Waals surface area (Å²) in [6.45, 7) is 5.58. The minimum Gasteiger partial charge on any atom is -0.454 e. The lowest BCUT2D eigenvalue weighted by Crippen LogP contribution is -2.61. The zero-order valence-electron chi connectivity index (χ0n) is 46.2. The molecule has 0 aromatic carbocycles. The van der Waals surface area contributed by atoms with Crippen molar-refractivity contribution in [1.82, 2.24) is 5.32 Å². The summed E-state index contributed by atoms with van der Waals surface area (Å²) in [7, 11) is 0. The molecular formula is C62H107NO10. The van der Waals surface area contributed by atoms with E-state index in [4.69, 9.17) is 14.2 Å². The van der Waals surface area contributed by atoms with E-state index >= 15 is 0 Å². The molecule has 0 radical (unpaired) electrons. The molecule has 11 nitrogen and oxygen atoms in total. The first kappa shape index (κ1) is 67.9. The fraction of sp³-hybridized carbons (Fsp3) is 0.742. The van der Waals surface area contributed by atoms with Gasteiger partial charge in [0, 0.05) is 6.42 Å². The Labute approximate surface area is 444 Å². The fourth-order valence-electron chi connectivity index (χ4n) is 8.69. The molecule has 11 heteroatoms. The Balaban J connectivity index is 2.72. The molecule has 0 saturated carbocycles. The highest BCUT2D eigenvalue weighted by molar-refractivity contribution is 5.80. The van der Waals surface area contributed by atoms with Crippen molar-refractivity contribution in [3.63, 3.8) is 0 Å². The second-order valence-electron chi connectivity index (χ2n) is 20.1. The first-order chi connectivity index (χ1) is 35.7. The average molecular weight is 1030 g/mol. The van der Waals surface area contributed by atoms with Gasteiger partial charge in [0.25, 0.3) is 0 Å². The lowest BCUT2D eigenvalue weighted by Gasteiger charge is -2.41. The van der Waals surface area contributed by atoms with Gasteiger partial charge in [-0.2, -0.15) is 0 Å². The molecule has 0 aromatic rings. The predicted molar refractivity (Wildman–Crippen MR) is 301 cm³/mol. The molecule has 1 saturated heterocycles. The molecule has 1 aliphatic rings. The molecule has 0 spiro atoms. The summed E-state index contributed by atoms with van der Waals surface area (Å²) in [6, 6.07) is -1.05. The van der Waals surface area contributed by atoms with Gasteiger partial charge < -0.3 is 45.1 Å². The van der Waals surface area contributed by atoms with Crippen molar-refractivity contribution < 1.29 is 49.3 Å². The van der Waals surface area contributed by atoms with E-state index in [1.54, 1.807) is 6.08 Å². The van der Waals surface area contributed by atoms with Gasteiger partial charge in [0.15, 0.2) is 12.4 Å². The molecule has 0 aromatic heterocycles. The monoisotopic (exact) mass is 1030 g/mol. The molecular weight excluding hydrogens is 919 g/mol. The zero-order chi connectivity index (χ0) is 53.3. The molecule has 1 aliphatic heterocycles. The van der Waals surface area contributed by atoms with Crippen molar-refractivity contribution in [1.29, 1.82) is 0 Å². The van der Waals surface area contributed by atoms with Gasteiger partial charge in [-0.25, -0.2) is 0 Å².